The minimum atomic E-state index is 0.348. The zero-order chi connectivity index (χ0) is 17.8. The van der Waals surface area contributed by atoms with Crippen LogP contribution < -0.4 is 9.64 Å². The van der Waals surface area contributed by atoms with Gasteiger partial charge >= 0.3 is 0 Å². The first kappa shape index (κ1) is 17.1. The fraction of sp³-hybridized carbons (Fsp3) is 0.400. The molecule has 0 radical (unpaired) electrons. The Kier molecular flexibility index (Phi) is 5.08. The normalized spacial score (nSPS) is 20.6. The number of para-hydroxylation sites is 1. The van der Waals surface area contributed by atoms with Crippen molar-refractivity contribution in [2.24, 2.45) is 11.8 Å². The molecule has 0 N–H and O–H groups in total. The average molecular weight is 337 g/mol. The van der Waals surface area contributed by atoms with E-state index in [-0.39, 0.29) is 0 Å². The van der Waals surface area contributed by atoms with Crippen molar-refractivity contribution < 1.29 is 9.15 Å². The van der Waals surface area contributed by atoms with Gasteiger partial charge in [-0.2, -0.15) is 10.2 Å². The summed E-state index contributed by atoms with van der Waals surface area (Å²) in [6.45, 7) is 6.24. The summed E-state index contributed by atoms with van der Waals surface area (Å²) in [6, 6.07) is 9.88. The van der Waals surface area contributed by atoms with Crippen molar-refractivity contribution in [3.8, 4) is 11.8 Å². The first-order valence-electron chi connectivity index (χ1n) is 8.57. The maximum atomic E-state index is 9.42. The summed E-state index contributed by atoms with van der Waals surface area (Å²) in [5.41, 5.74) is 1.28. The molecule has 1 fully saturated rings. The Labute approximate surface area is 148 Å². The van der Waals surface area contributed by atoms with Gasteiger partial charge in [0, 0.05) is 24.7 Å². The summed E-state index contributed by atoms with van der Waals surface area (Å²) in [7, 11) is 1.64. The Morgan fingerprint density at radius 1 is 1.24 bits per heavy atom. The number of hydrogen-bond donors (Lipinski definition) is 0. The quantitative estimate of drug-likeness (QED) is 0.836. The molecule has 0 spiro atoms. The van der Waals surface area contributed by atoms with Crippen molar-refractivity contribution in [2.45, 2.75) is 20.3 Å². The van der Waals surface area contributed by atoms with Crippen LogP contribution in [-0.2, 0) is 0 Å². The van der Waals surface area contributed by atoms with Crippen LogP contribution in [0.4, 0.5) is 5.88 Å². The van der Waals surface area contributed by atoms with E-state index < -0.39 is 0 Å². The number of nitrogens with zero attached hydrogens (tertiary/aromatic N) is 3. The lowest BCUT2D eigenvalue weighted by atomic mass is 9.92. The van der Waals surface area contributed by atoms with E-state index in [4.69, 9.17) is 9.15 Å². The molecule has 1 aliphatic heterocycles. The number of rotatable bonds is 4. The van der Waals surface area contributed by atoms with Gasteiger partial charge in [-0.1, -0.05) is 32.0 Å². The van der Waals surface area contributed by atoms with Crippen LogP contribution in [-0.4, -0.2) is 25.2 Å². The third kappa shape index (κ3) is 3.85. The largest absolute Gasteiger partial charge is 0.496 e. The lowest BCUT2D eigenvalue weighted by Gasteiger charge is -2.34. The average Bonchev–Trinajstić information content (AvgIpc) is 3.03. The van der Waals surface area contributed by atoms with Crippen LogP contribution >= 0.6 is 0 Å². The summed E-state index contributed by atoms with van der Waals surface area (Å²) < 4.78 is 11.2. The Morgan fingerprint density at radius 3 is 2.64 bits per heavy atom. The highest BCUT2D eigenvalue weighted by Crippen LogP contribution is 2.30. The van der Waals surface area contributed by atoms with E-state index >= 15 is 0 Å². The van der Waals surface area contributed by atoms with Crippen molar-refractivity contribution in [1.82, 2.24) is 4.98 Å². The summed E-state index contributed by atoms with van der Waals surface area (Å²) in [6.07, 6.45) is 4.86. The van der Waals surface area contributed by atoms with E-state index in [2.05, 4.69) is 29.8 Å². The molecule has 0 bridgehead atoms. The second kappa shape index (κ2) is 7.43. The van der Waals surface area contributed by atoms with E-state index in [0.717, 1.165) is 24.4 Å². The third-order valence-corrected chi connectivity index (χ3v) is 4.43. The summed E-state index contributed by atoms with van der Waals surface area (Å²) >= 11 is 0. The molecule has 130 valence electrons. The van der Waals surface area contributed by atoms with Gasteiger partial charge in [-0.05, 0) is 30.4 Å². The highest BCUT2D eigenvalue weighted by molar-refractivity contribution is 5.70. The van der Waals surface area contributed by atoms with Gasteiger partial charge in [-0.25, -0.2) is 0 Å². The number of ether oxygens (including phenoxy) is 1. The van der Waals surface area contributed by atoms with E-state index in [1.807, 2.05) is 30.3 Å². The van der Waals surface area contributed by atoms with Crippen LogP contribution in [0.5, 0.6) is 5.75 Å². The van der Waals surface area contributed by atoms with Gasteiger partial charge in [0.15, 0.2) is 0 Å². The lowest BCUT2D eigenvalue weighted by Crippen LogP contribution is -2.38. The Morgan fingerprint density at radius 2 is 1.96 bits per heavy atom. The number of oxazole rings is 1. The van der Waals surface area contributed by atoms with Crippen molar-refractivity contribution in [3.05, 3.63) is 41.4 Å². The molecule has 0 saturated carbocycles. The summed E-state index contributed by atoms with van der Waals surface area (Å²) in [5, 5.41) is 9.42. The van der Waals surface area contributed by atoms with Gasteiger partial charge in [-0.15, -0.1) is 0 Å². The molecular formula is C20H23N3O2. The minimum absolute atomic E-state index is 0.348. The fourth-order valence-corrected chi connectivity index (χ4v) is 3.48. The predicted octanol–water partition coefficient (Wildman–Crippen LogP) is 4.21. The number of methoxy groups -OCH3 is 1. The Hall–Kier alpha value is -2.74. The zero-order valence-corrected chi connectivity index (χ0v) is 14.9. The van der Waals surface area contributed by atoms with E-state index in [1.54, 1.807) is 13.2 Å². The lowest BCUT2D eigenvalue weighted by molar-refractivity contribution is 0.342. The number of hydrogen-bond acceptors (Lipinski definition) is 5. The molecule has 2 atom stereocenters. The molecule has 5 heteroatoms. The van der Waals surface area contributed by atoms with Crippen molar-refractivity contribution >= 4 is 18.0 Å². The molecule has 0 unspecified atom stereocenters. The molecule has 2 heterocycles. The molecule has 25 heavy (non-hydrogen) atoms. The molecule has 2 aromatic rings. The van der Waals surface area contributed by atoms with Crippen LogP contribution in [0.2, 0.25) is 0 Å². The van der Waals surface area contributed by atoms with Crippen molar-refractivity contribution in [3.63, 3.8) is 0 Å². The van der Waals surface area contributed by atoms with E-state index in [0.29, 0.717) is 29.3 Å². The number of benzene rings is 1. The topological polar surface area (TPSA) is 62.3 Å². The standard InChI is InChI=1S/C20H23N3O2/c1-14-10-15(2)13-23(12-14)20-17(11-21)22-19(25-20)9-8-16-6-4-5-7-18(16)24-3/h4-9,14-15H,10,12-13H2,1-3H3/b9-8+/t14-,15-/m1/s1. The first-order valence-corrected chi connectivity index (χ1v) is 8.57. The number of anilines is 1. The molecule has 0 amide bonds. The molecule has 1 saturated heterocycles. The van der Waals surface area contributed by atoms with Gasteiger partial charge in [-0.3, -0.25) is 0 Å². The Bertz CT molecular complexity index is 794. The number of nitriles is 1. The number of piperidine rings is 1. The van der Waals surface area contributed by atoms with Gasteiger partial charge < -0.3 is 14.1 Å². The first-order chi connectivity index (χ1) is 12.1. The van der Waals surface area contributed by atoms with Crippen molar-refractivity contribution in [1.29, 1.82) is 5.26 Å². The second-order valence-corrected chi connectivity index (χ2v) is 6.74. The maximum absolute atomic E-state index is 9.42. The molecular weight excluding hydrogens is 314 g/mol. The summed E-state index contributed by atoms with van der Waals surface area (Å²) in [5.74, 6) is 2.95. The van der Waals surface area contributed by atoms with Gasteiger partial charge in [0.2, 0.25) is 17.5 Å². The highest BCUT2D eigenvalue weighted by atomic mass is 16.5. The number of aromatic nitrogens is 1. The van der Waals surface area contributed by atoms with Gasteiger partial charge in [0.25, 0.3) is 0 Å². The molecule has 1 aromatic carbocycles. The smallest absolute Gasteiger partial charge is 0.235 e. The fourth-order valence-electron chi connectivity index (χ4n) is 3.48. The highest BCUT2D eigenvalue weighted by Gasteiger charge is 2.27. The van der Waals surface area contributed by atoms with Crippen LogP contribution in [0.3, 0.4) is 0 Å². The van der Waals surface area contributed by atoms with Crippen LogP contribution in [0.1, 0.15) is 37.4 Å². The van der Waals surface area contributed by atoms with Crippen LogP contribution in [0.25, 0.3) is 12.2 Å². The minimum Gasteiger partial charge on any atom is -0.496 e. The molecule has 1 aromatic heterocycles. The Balaban J connectivity index is 1.86. The molecule has 3 rings (SSSR count). The van der Waals surface area contributed by atoms with Gasteiger partial charge in [0.1, 0.15) is 11.8 Å². The van der Waals surface area contributed by atoms with Crippen LogP contribution in [0.15, 0.2) is 28.7 Å². The molecule has 5 nitrogen and oxygen atoms in total. The monoisotopic (exact) mass is 337 g/mol. The van der Waals surface area contributed by atoms with Crippen LogP contribution in [0, 0.1) is 23.2 Å². The summed E-state index contributed by atoms with van der Waals surface area (Å²) in [4.78, 5) is 6.47. The SMILES string of the molecule is COc1ccccc1/C=C/c1nc(C#N)c(N2C[C@H](C)C[C@@H](C)C2)o1. The predicted molar refractivity (Wildman–Crippen MR) is 98.3 cm³/mol. The third-order valence-electron chi connectivity index (χ3n) is 4.43. The maximum Gasteiger partial charge on any atom is 0.235 e. The van der Waals surface area contributed by atoms with Gasteiger partial charge in [0.05, 0.1) is 7.11 Å². The molecule has 1 aliphatic rings. The molecule has 0 aliphatic carbocycles. The van der Waals surface area contributed by atoms with E-state index in [1.165, 1.54) is 6.42 Å². The second-order valence-electron chi connectivity index (χ2n) is 6.74. The van der Waals surface area contributed by atoms with Crippen molar-refractivity contribution in [2.75, 3.05) is 25.1 Å². The van der Waals surface area contributed by atoms with E-state index in [9.17, 15) is 5.26 Å². The zero-order valence-electron chi connectivity index (χ0n) is 14.9.